The molecule has 0 bridgehead atoms. The zero-order valence-electron chi connectivity index (χ0n) is 5.64. The van der Waals surface area contributed by atoms with Crippen molar-refractivity contribution in [1.29, 1.82) is 0 Å². The summed E-state index contributed by atoms with van der Waals surface area (Å²) in [7, 11) is 0. The molecule has 0 radical (unpaired) electrons. The number of hydrogen-bond donors (Lipinski definition) is 1. The molecule has 2 nitrogen and oxygen atoms in total. The van der Waals surface area contributed by atoms with E-state index in [1.807, 2.05) is 6.92 Å². The maximum Gasteiger partial charge on any atom is 0.192 e. The van der Waals surface area contributed by atoms with Gasteiger partial charge in [-0.3, -0.25) is 0 Å². The molecule has 3 heteroatoms. The Morgan fingerprint density at radius 1 is 1.78 bits per heavy atom. The Bertz CT molecular complexity index is 162. The van der Waals surface area contributed by atoms with Gasteiger partial charge in [0.25, 0.3) is 0 Å². The second-order valence-corrected chi connectivity index (χ2v) is 2.79. The fraction of sp³-hybridized carbons (Fsp3) is 0.667. The topological polar surface area (TPSA) is 24.4 Å². The molecule has 0 saturated carbocycles. The third-order valence-corrected chi connectivity index (χ3v) is 1.47. The fourth-order valence-corrected chi connectivity index (χ4v) is 1.31. The minimum atomic E-state index is 0.468. The van der Waals surface area contributed by atoms with E-state index in [4.69, 9.17) is 12.2 Å². The van der Waals surface area contributed by atoms with Crippen LogP contribution in [0.3, 0.4) is 0 Å². The van der Waals surface area contributed by atoms with Crippen LogP contribution in [0.2, 0.25) is 0 Å². The van der Waals surface area contributed by atoms with Crippen LogP contribution in [0.25, 0.3) is 0 Å². The average molecular weight is 142 g/mol. The highest BCUT2D eigenvalue weighted by molar-refractivity contribution is 7.80. The number of aliphatic imine (C=N–C) groups is 1. The highest BCUT2D eigenvalue weighted by atomic mass is 32.1. The number of thiocarbonyl (C=S) groups is 1. The molecule has 1 heterocycles. The molecule has 0 aromatic rings. The Balaban J connectivity index is 2.67. The van der Waals surface area contributed by atoms with E-state index in [-0.39, 0.29) is 0 Å². The molecule has 0 aliphatic carbocycles. The third kappa shape index (κ3) is 1.75. The van der Waals surface area contributed by atoms with E-state index in [0.717, 1.165) is 12.1 Å². The van der Waals surface area contributed by atoms with Crippen molar-refractivity contribution in [2.45, 2.75) is 26.3 Å². The Morgan fingerprint density at radius 3 is 2.89 bits per heavy atom. The van der Waals surface area contributed by atoms with E-state index in [0.29, 0.717) is 11.2 Å². The van der Waals surface area contributed by atoms with Gasteiger partial charge in [-0.05, 0) is 26.1 Å². The van der Waals surface area contributed by atoms with Crippen LogP contribution in [0.5, 0.6) is 0 Å². The van der Waals surface area contributed by atoms with Crippen molar-refractivity contribution >= 4 is 23.0 Å². The predicted molar refractivity (Wildman–Crippen MR) is 42.9 cm³/mol. The third-order valence-electron chi connectivity index (χ3n) is 1.26. The summed E-state index contributed by atoms with van der Waals surface area (Å²) in [6, 6.07) is 0.468. The van der Waals surface area contributed by atoms with Gasteiger partial charge in [0.1, 0.15) is 0 Å². The lowest BCUT2D eigenvalue weighted by molar-refractivity contribution is 0.679. The summed E-state index contributed by atoms with van der Waals surface area (Å²) in [6.07, 6.45) is 1.01. The van der Waals surface area contributed by atoms with Crippen LogP contribution in [-0.4, -0.2) is 16.9 Å². The van der Waals surface area contributed by atoms with Gasteiger partial charge in [0.05, 0.1) is 0 Å². The van der Waals surface area contributed by atoms with Gasteiger partial charge < -0.3 is 5.32 Å². The second kappa shape index (κ2) is 2.43. The summed E-state index contributed by atoms with van der Waals surface area (Å²) in [6.45, 7) is 4.11. The lowest BCUT2D eigenvalue weighted by Gasteiger charge is -2.18. The van der Waals surface area contributed by atoms with E-state index in [9.17, 15) is 0 Å². The van der Waals surface area contributed by atoms with Crippen molar-refractivity contribution < 1.29 is 0 Å². The van der Waals surface area contributed by atoms with Crippen LogP contribution < -0.4 is 5.32 Å². The van der Waals surface area contributed by atoms with Gasteiger partial charge in [-0.15, -0.1) is 0 Å². The van der Waals surface area contributed by atoms with E-state index < -0.39 is 0 Å². The Labute approximate surface area is 60.4 Å². The fourth-order valence-electron chi connectivity index (χ4n) is 0.956. The monoisotopic (exact) mass is 142 g/mol. The lowest BCUT2D eigenvalue weighted by Crippen LogP contribution is -2.36. The molecule has 0 saturated heterocycles. The van der Waals surface area contributed by atoms with Gasteiger partial charge in [-0.25, -0.2) is 4.99 Å². The van der Waals surface area contributed by atoms with Crippen molar-refractivity contribution in [3.05, 3.63) is 0 Å². The number of rotatable bonds is 0. The first-order chi connectivity index (χ1) is 4.18. The van der Waals surface area contributed by atoms with Gasteiger partial charge >= 0.3 is 0 Å². The Kier molecular flexibility index (Phi) is 1.81. The van der Waals surface area contributed by atoms with Crippen molar-refractivity contribution in [3.63, 3.8) is 0 Å². The molecule has 1 aliphatic heterocycles. The van der Waals surface area contributed by atoms with Gasteiger partial charge in [0, 0.05) is 18.2 Å². The molecule has 1 N–H and O–H groups in total. The van der Waals surface area contributed by atoms with Crippen LogP contribution in [0.15, 0.2) is 4.99 Å². The first kappa shape index (κ1) is 6.68. The molecule has 1 aliphatic rings. The summed E-state index contributed by atoms with van der Waals surface area (Å²) in [5, 5.41) is 3.68. The molecular weight excluding hydrogens is 132 g/mol. The molecule has 50 valence electrons. The minimum absolute atomic E-state index is 0.468. The second-order valence-electron chi connectivity index (χ2n) is 2.40. The largest absolute Gasteiger partial charge is 0.358 e. The number of hydrogen-bond acceptors (Lipinski definition) is 1. The molecule has 0 aromatic carbocycles. The first-order valence-corrected chi connectivity index (χ1v) is 3.44. The summed E-state index contributed by atoms with van der Waals surface area (Å²) in [5.41, 5.74) is 1.13. The molecule has 1 rings (SSSR count). The smallest absolute Gasteiger partial charge is 0.192 e. The van der Waals surface area contributed by atoms with Gasteiger partial charge in [-0.2, -0.15) is 0 Å². The summed E-state index contributed by atoms with van der Waals surface area (Å²) >= 11 is 4.86. The van der Waals surface area contributed by atoms with Gasteiger partial charge in [-0.1, -0.05) is 0 Å². The van der Waals surface area contributed by atoms with Crippen molar-refractivity contribution in [2.75, 3.05) is 0 Å². The highest BCUT2D eigenvalue weighted by Crippen LogP contribution is 2.00. The number of nitrogens with zero attached hydrogens (tertiary/aromatic N) is 1. The summed E-state index contributed by atoms with van der Waals surface area (Å²) in [4.78, 5) is 4.07. The summed E-state index contributed by atoms with van der Waals surface area (Å²) in [5.74, 6) is 0. The van der Waals surface area contributed by atoms with Crippen LogP contribution in [0.4, 0.5) is 0 Å². The highest BCUT2D eigenvalue weighted by Gasteiger charge is 2.10. The molecule has 0 spiro atoms. The van der Waals surface area contributed by atoms with E-state index in [1.54, 1.807) is 0 Å². The molecule has 1 atom stereocenters. The van der Waals surface area contributed by atoms with Crippen molar-refractivity contribution in [1.82, 2.24) is 5.32 Å². The maximum atomic E-state index is 4.86. The molecule has 1 unspecified atom stereocenters. The maximum absolute atomic E-state index is 4.86. The predicted octanol–water partition coefficient (Wildman–Crippen LogP) is 1.11. The van der Waals surface area contributed by atoms with E-state index in [1.165, 1.54) is 0 Å². The zero-order valence-corrected chi connectivity index (χ0v) is 6.46. The van der Waals surface area contributed by atoms with E-state index in [2.05, 4.69) is 17.2 Å². The molecule has 0 amide bonds. The summed E-state index contributed by atoms with van der Waals surface area (Å²) < 4.78 is 0. The SMILES string of the molecule is CC1=NC(=S)NC(C)C1. The minimum Gasteiger partial charge on any atom is -0.358 e. The molecule has 0 aromatic heterocycles. The quantitative estimate of drug-likeness (QED) is 0.512. The zero-order chi connectivity index (χ0) is 6.85. The Hall–Kier alpha value is -0.440. The van der Waals surface area contributed by atoms with Crippen molar-refractivity contribution in [2.24, 2.45) is 4.99 Å². The lowest BCUT2D eigenvalue weighted by atomic mass is 10.1. The standard InChI is InChI=1S/C6H10N2S/c1-4-3-5(2)8-6(9)7-4/h4H,3H2,1-2H3,(H,7,9). The first-order valence-electron chi connectivity index (χ1n) is 3.03. The van der Waals surface area contributed by atoms with Crippen LogP contribution in [0.1, 0.15) is 20.3 Å². The number of nitrogens with one attached hydrogen (secondary N) is 1. The molecule has 0 fully saturated rings. The van der Waals surface area contributed by atoms with Gasteiger partial charge in [0.2, 0.25) is 0 Å². The Morgan fingerprint density at radius 2 is 2.44 bits per heavy atom. The molecular formula is C6H10N2S. The van der Waals surface area contributed by atoms with Crippen molar-refractivity contribution in [3.8, 4) is 0 Å². The normalized spacial score (nSPS) is 27.1. The average Bonchev–Trinajstić information content (AvgIpc) is 1.59. The van der Waals surface area contributed by atoms with Crippen LogP contribution in [-0.2, 0) is 0 Å². The van der Waals surface area contributed by atoms with Crippen LogP contribution in [0, 0.1) is 0 Å². The molecule has 9 heavy (non-hydrogen) atoms. The van der Waals surface area contributed by atoms with Crippen LogP contribution >= 0.6 is 12.2 Å². The van der Waals surface area contributed by atoms with E-state index >= 15 is 0 Å². The van der Waals surface area contributed by atoms with Gasteiger partial charge in [0.15, 0.2) is 5.11 Å².